The van der Waals surface area contributed by atoms with Crippen molar-refractivity contribution in [3.05, 3.63) is 62.0 Å². The Morgan fingerprint density at radius 1 is 1.00 bits per heavy atom. The number of aryl methyl sites for hydroxylation is 2. The van der Waals surface area contributed by atoms with Crippen LogP contribution in [0.25, 0.3) is 10.2 Å². The highest BCUT2D eigenvalue weighted by Crippen LogP contribution is 2.27. The predicted molar refractivity (Wildman–Crippen MR) is 117 cm³/mol. The first kappa shape index (κ1) is 20.4. The van der Waals surface area contributed by atoms with Gasteiger partial charge in [-0.25, -0.2) is 4.98 Å². The molecule has 0 N–H and O–H groups in total. The summed E-state index contributed by atoms with van der Waals surface area (Å²) in [4.78, 5) is 48.3. The number of thiophene rings is 1. The van der Waals surface area contributed by atoms with Gasteiger partial charge < -0.3 is 4.90 Å². The average Bonchev–Trinajstić information content (AvgIpc) is 3.12. The Labute approximate surface area is 178 Å². The third-order valence-corrected chi connectivity index (χ3v) is 6.57. The molecule has 7 nitrogen and oxygen atoms in total. The van der Waals surface area contributed by atoms with Crippen LogP contribution in [-0.2, 0) is 13.1 Å². The second kappa shape index (κ2) is 7.77. The third-order valence-electron chi connectivity index (χ3n) is 5.47. The maximum atomic E-state index is 13.3. The van der Waals surface area contributed by atoms with Gasteiger partial charge in [-0.2, -0.15) is 0 Å². The zero-order valence-corrected chi connectivity index (χ0v) is 18.4. The highest BCUT2D eigenvalue weighted by Gasteiger charge is 2.34. The SMILES string of the molecule is Cc1sc2nc(CN(C)C)n(CCCN3C(=O)c4ccccc4C3=O)c(=O)c2c1C. The molecule has 30 heavy (non-hydrogen) atoms. The van der Waals surface area contributed by atoms with Gasteiger partial charge in [-0.1, -0.05) is 12.1 Å². The zero-order valence-electron chi connectivity index (χ0n) is 17.6. The molecule has 0 saturated carbocycles. The maximum Gasteiger partial charge on any atom is 0.262 e. The summed E-state index contributed by atoms with van der Waals surface area (Å²) in [5.41, 5.74) is 1.81. The summed E-state index contributed by atoms with van der Waals surface area (Å²) < 4.78 is 1.69. The number of rotatable bonds is 6. The summed E-state index contributed by atoms with van der Waals surface area (Å²) in [6.45, 7) is 5.14. The Kier molecular flexibility index (Phi) is 5.29. The molecule has 1 aliphatic rings. The first-order valence-electron chi connectivity index (χ1n) is 9.89. The summed E-state index contributed by atoms with van der Waals surface area (Å²) in [5.74, 6) is 0.157. The van der Waals surface area contributed by atoms with Gasteiger partial charge in [-0.05, 0) is 52.1 Å². The monoisotopic (exact) mass is 424 g/mol. The van der Waals surface area contributed by atoms with E-state index in [9.17, 15) is 14.4 Å². The quantitative estimate of drug-likeness (QED) is 0.569. The van der Waals surface area contributed by atoms with E-state index in [-0.39, 0.29) is 23.9 Å². The van der Waals surface area contributed by atoms with E-state index >= 15 is 0 Å². The van der Waals surface area contributed by atoms with Crippen LogP contribution in [0.4, 0.5) is 0 Å². The molecule has 1 aromatic carbocycles. The van der Waals surface area contributed by atoms with Crippen molar-refractivity contribution in [2.45, 2.75) is 33.4 Å². The highest BCUT2D eigenvalue weighted by molar-refractivity contribution is 7.18. The number of imide groups is 1. The molecule has 2 aromatic heterocycles. The molecule has 0 fully saturated rings. The normalized spacial score (nSPS) is 13.7. The number of fused-ring (bicyclic) bond motifs is 2. The molecule has 156 valence electrons. The number of nitrogens with zero attached hydrogens (tertiary/aromatic N) is 4. The van der Waals surface area contributed by atoms with Gasteiger partial charge >= 0.3 is 0 Å². The van der Waals surface area contributed by atoms with Crippen LogP contribution in [0.5, 0.6) is 0 Å². The molecule has 0 aliphatic carbocycles. The molecule has 2 amide bonds. The van der Waals surface area contributed by atoms with E-state index in [1.807, 2.05) is 32.8 Å². The minimum absolute atomic E-state index is 0.0546. The van der Waals surface area contributed by atoms with E-state index in [1.54, 1.807) is 40.2 Å². The van der Waals surface area contributed by atoms with Crippen LogP contribution in [0, 0.1) is 13.8 Å². The van der Waals surface area contributed by atoms with E-state index in [0.717, 1.165) is 15.3 Å². The lowest BCUT2D eigenvalue weighted by Crippen LogP contribution is -2.33. The molecule has 3 heterocycles. The third kappa shape index (κ3) is 3.36. The van der Waals surface area contributed by atoms with Crippen molar-refractivity contribution in [1.82, 2.24) is 19.4 Å². The summed E-state index contributed by atoms with van der Waals surface area (Å²) in [6, 6.07) is 6.86. The van der Waals surface area contributed by atoms with Crippen LogP contribution < -0.4 is 5.56 Å². The molecule has 0 radical (unpaired) electrons. The summed E-state index contributed by atoms with van der Waals surface area (Å²) >= 11 is 1.54. The maximum absolute atomic E-state index is 13.3. The lowest BCUT2D eigenvalue weighted by atomic mass is 10.1. The van der Waals surface area contributed by atoms with E-state index in [2.05, 4.69) is 0 Å². The van der Waals surface area contributed by atoms with Crippen LogP contribution >= 0.6 is 11.3 Å². The van der Waals surface area contributed by atoms with Crippen molar-refractivity contribution >= 4 is 33.4 Å². The Bertz CT molecular complexity index is 1190. The smallest absolute Gasteiger partial charge is 0.262 e. The summed E-state index contributed by atoms with van der Waals surface area (Å²) in [5, 5.41) is 0.667. The summed E-state index contributed by atoms with van der Waals surface area (Å²) in [6.07, 6.45) is 0.487. The summed E-state index contributed by atoms with van der Waals surface area (Å²) in [7, 11) is 3.87. The minimum Gasteiger partial charge on any atom is -0.302 e. The van der Waals surface area contributed by atoms with E-state index in [1.165, 1.54) is 4.90 Å². The standard InChI is InChI=1S/C22H24N4O3S/c1-13-14(2)30-19-18(13)22(29)25(17(23-19)12-24(3)4)10-7-11-26-20(27)15-8-5-6-9-16(15)21(26)28/h5-6,8-9H,7,10-12H2,1-4H3. The van der Waals surface area contributed by atoms with Crippen molar-refractivity contribution in [2.24, 2.45) is 0 Å². The molecule has 4 rings (SSSR count). The molecule has 0 unspecified atom stereocenters. The van der Waals surface area contributed by atoms with Gasteiger partial charge in [0.25, 0.3) is 17.4 Å². The second-order valence-electron chi connectivity index (χ2n) is 7.85. The zero-order chi connectivity index (χ0) is 21.6. The fourth-order valence-corrected chi connectivity index (χ4v) is 4.87. The fraction of sp³-hybridized carbons (Fsp3) is 0.364. The lowest BCUT2D eigenvalue weighted by molar-refractivity contribution is 0.0650. The van der Waals surface area contributed by atoms with Crippen molar-refractivity contribution in [3.63, 3.8) is 0 Å². The van der Waals surface area contributed by atoms with Gasteiger partial charge in [0.15, 0.2) is 0 Å². The van der Waals surface area contributed by atoms with Gasteiger partial charge in [0.1, 0.15) is 10.7 Å². The number of carbonyl (C=O) groups excluding carboxylic acids is 2. The van der Waals surface area contributed by atoms with Crippen LogP contribution in [0.1, 0.15) is 43.4 Å². The number of carbonyl (C=O) groups is 2. The first-order chi connectivity index (χ1) is 14.3. The van der Waals surface area contributed by atoms with Gasteiger partial charge in [0.05, 0.1) is 23.1 Å². The lowest BCUT2D eigenvalue weighted by Gasteiger charge is -2.18. The van der Waals surface area contributed by atoms with Gasteiger partial charge in [-0.15, -0.1) is 11.3 Å². The minimum atomic E-state index is -0.269. The van der Waals surface area contributed by atoms with E-state index in [0.29, 0.717) is 41.8 Å². The molecular formula is C22H24N4O3S. The Hall–Kier alpha value is -2.84. The molecule has 0 saturated heterocycles. The number of aromatic nitrogens is 2. The van der Waals surface area contributed by atoms with Crippen LogP contribution in [-0.4, -0.2) is 51.8 Å². The van der Waals surface area contributed by atoms with Crippen LogP contribution in [0.3, 0.4) is 0 Å². The Balaban J connectivity index is 1.60. The number of benzene rings is 1. The topological polar surface area (TPSA) is 75.5 Å². The Morgan fingerprint density at radius 3 is 2.23 bits per heavy atom. The average molecular weight is 425 g/mol. The Morgan fingerprint density at radius 2 is 1.63 bits per heavy atom. The predicted octanol–water partition coefficient (Wildman–Crippen LogP) is 2.82. The number of amides is 2. The molecule has 0 atom stereocenters. The van der Waals surface area contributed by atoms with Crippen molar-refractivity contribution in [2.75, 3.05) is 20.6 Å². The van der Waals surface area contributed by atoms with Gasteiger partial charge in [0.2, 0.25) is 0 Å². The van der Waals surface area contributed by atoms with E-state index < -0.39 is 0 Å². The van der Waals surface area contributed by atoms with Crippen molar-refractivity contribution in [1.29, 1.82) is 0 Å². The molecule has 0 bridgehead atoms. The first-order valence-corrected chi connectivity index (χ1v) is 10.7. The second-order valence-corrected chi connectivity index (χ2v) is 9.05. The van der Waals surface area contributed by atoms with Crippen LogP contribution in [0.15, 0.2) is 29.1 Å². The van der Waals surface area contributed by atoms with Gasteiger partial charge in [0, 0.05) is 18.0 Å². The molecular weight excluding hydrogens is 400 g/mol. The largest absolute Gasteiger partial charge is 0.302 e. The van der Waals surface area contributed by atoms with Crippen molar-refractivity contribution < 1.29 is 9.59 Å². The van der Waals surface area contributed by atoms with E-state index in [4.69, 9.17) is 4.98 Å². The number of hydrogen-bond donors (Lipinski definition) is 0. The van der Waals surface area contributed by atoms with Gasteiger partial charge in [-0.3, -0.25) is 23.9 Å². The highest BCUT2D eigenvalue weighted by atomic mass is 32.1. The molecule has 1 aliphatic heterocycles. The van der Waals surface area contributed by atoms with Crippen LogP contribution in [0.2, 0.25) is 0 Å². The number of hydrogen-bond acceptors (Lipinski definition) is 6. The molecule has 0 spiro atoms. The van der Waals surface area contributed by atoms with Crippen molar-refractivity contribution in [3.8, 4) is 0 Å². The fourth-order valence-electron chi connectivity index (χ4n) is 3.83. The molecule has 3 aromatic rings. The molecule has 8 heteroatoms.